The van der Waals surface area contributed by atoms with Crippen molar-refractivity contribution in [2.75, 3.05) is 0 Å². The Bertz CT molecular complexity index is 779. The Morgan fingerprint density at radius 2 is 1.17 bits per heavy atom. The largest absolute Gasteiger partial charge is 0.291 e. The van der Waals surface area contributed by atoms with E-state index in [0.29, 0.717) is 6.04 Å². The summed E-state index contributed by atoms with van der Waals surface area (Å²) in [6.45, 7) is 8.02. The molecule has 0 bridgehead atoms. The monoisotopic (exact) mass is 386 g/mol. The minimum atomic E-state index is 0.107. The fraction of sp³-hybridized carbons (Fsp3) is 0.370. The van der Waals surface area contributed by atoms with Gasteiger partial charge in [-0.25, -0.2) is 0 Å². The van der Waals surface area contributed by atoms with Crippen molar-refractivity contribution in [3.63, 3.8) is 0 Å². The average Bonchev–Trinajstić information content (AvgIpc) is 2.74. The fourth-order valence-corrected chi connectivity index (χ4v) is 4.01. The highest BCUT2D eigenvalue weighted by atomic mass is 15.2. The Morgan fingerprint density at radius 3 is 1.69 bits per heavy atom. The van der Waals surface area contributed by atoms with Gasteiger partial charge in [0, 0.05) is 30.5 Å². The maximum atomic E-state index is 4.17. The number of hydrogen-bond donors (Lipinski definition) is 0. The summed E-state index contributed by atoms with van der Waals surface area (Å²) in [5, 5.41) is 0. The van der Waals surface area contributed by atoms with Crippen molar-refractivity contribution in [1.82, 2.24) is 9.88 Å². The number of aromatic nitrogens is 1. The summed E-state index contributed by atoms with van der Waals surface area (Å²) < 4.78 is 0. The van der Waals surface area contributed by atoms with E-state index in [-0.39, 0.29) is 5.54 Å². The summed E-state index contributed by atoms with van der Waals surface area (Å²) in [6, 6.07) is 26.6. The molecule has 2 nitrogen and oxygen atoms in total. The lowest BCUT2D eigenvalue weighted by Crippen LogP contribution is -2.48. The second kappa shape index (κ2) is 10.4. The number of hydrogen-bond acceptors (Lipinski definition) is 2. The molecule has 1 aromatic heterocycles. The molecule has 1 unspecified atom stereocenters. The highest BCUT2D eigenvalue weighted by Crippen LogP contribution is 2.26. The first kappa shape index (κ1) is 21.3. The van der Waals surface area contributed by atoms with Gasteiger partial charge < -0.3 is 0 Å². The van der Waals surface area contributed by atoms with Crippen LogP contribution in [0.25, 0.3) is 0 Å². The summed E-state index contributed by atoms with van der Waals surface area (Å²) in [5.41, 5.74) is 4.29. The molecule has 0 saturated heterocycles. The average molecular weight is 387 g/mol. The molecule has 3 rings (SSSR count). The quantitative estimate of drug-likeness (QED) is 0.428. The van der Waals surface area contributed by atoms with Crippen LogP contribution in [0.4, 0.5) is 0 Å². The standard InChI is InChI=1S/C27H34N2/c1-27(2,3)29(22-25-12-8-5-9-13-25)26(16-14-23-10-6-4-7-11-23)17-15-24-18-20-28-21-19-24/h4-13,18-21,26H,14-17,22H2,1-3H3. The lowest BCUT2D eigenvalue weighted by molar-refractivity contribution is 0.0630. The maximum Gasteiger partial charge on any atom is 0.0270 e. The summed E-state index contributed by atoms with van der Waals surface area (Å²) in [6.07, 6.45) is 8.33. The van der Waals surface area contributed by atoms with Crippen LogP contribution in [0.2, 0.25) is 0 Å². The molecule has 0 spiro atoms. The Morgan fingerprint density at radius 1 is 0.690 bits per heavy atom. The highest BCUT2D eigenvalue weighted by Gasteiger charge is 2.28. The van der Waals surface area contributed by atoms with Crippen molar-refractivity contribution < 1.29 is 0 Å². The van der Waals surface area contributed by atoms with Crippen molar-refractivity contribution in [1.29, 1.82) is 0 Å². The molecule has 0 fully saturated rings. The smallest absolute Gasteiger partial charge is 0.0270 e. The molecule has 0 saturated carbocycles. The Kier molecular flexibility index (Phi) is 7.60. The van der Waals surface area contributed by atoms with Gasteiger partial charge in [0.2, 0.25) is 0 Å². The van der Waals surface area contributed by atoms with Crippen molar-refractivity contribution in [2.24, 2.45) is 0 Å². The normalized spacial score (nSPS) is 12.8. The molecular weight excluding hydrogens is 352 g/mol. The molecule has 1 heterocycles. The lowest BCUT2D eigenvalue weighted by atomic mass is 9.93. The second-order valence-electron chi connectivity index (χ2n) is 8.86. The molecule has 29 heavy (non-hydrogen) atoms. The Balaban J connectivity index is 1.78. The fourth-order valence-electron chi connectivity index (χ4n) is 4.01. The first-order valence-electron chi connectivity index (χ1n) is 10.8. The molecule has 0 amide bonds. The van der Waals surface area contributed by atoms with Crippen LogP contribution in [0.1, 0.15) is 50.3 Å². The van der Waals surface area contributed by atoms with E-state index in [0.717, 1.165) is 25.8 Å². The van der Waals surface area contributed by atoms with E-state index in [1.165, 1.54) is 23.1 Å². The molecule has 0 N–H and O–H groups in total. The van der Waals surface area contributed by atoms with Gasteiger partial charge in [-0.05, 0) is 75.3 Å². The van der Waals surface area contributed by atoms with E-state index in [2.05, 4.69) is 103 Å². The van der Waals surface area contributed by atoms with Crippen molar-refractivity contribution in [2.45, 2.75) is 64.6 Å². The summed E-state index contributed by atoms with van der Waals surface area (Å²) in [7, 11) is 0. The van der Waals surface area contributed by atoms with Crippen LogP contribution >= 0.6 is 0 Å². The van der Waals surface area contributed by atoms with Gasteiger partial charge in [-0.1, -0.05) is 60.7 Å². The zero-order valence-electron chi connectivity index (χ0n) is 18.1. The molecular formula is C27H34N2. The topological polar surface area (TPSA) is 16.1 Å². The van der Waals surface area contributed by atoms with Gasteiger partial charge in [-0.2, -0.15) is 0 Å². The van der Waals surface area contributed by atoms with Gasteiger partial charge in [0.15, 0.2) is 0 Å². The summed E-state index contributed by atoms with van der Waals surface area (Å²) in [4.78, 5) is 6.87. The van der Waals surface area contributed by atoms with E-state index in [4.69, 9.17) is 0 Å². The predicted octanol–water partition coefficient (Wildman–Crippen LogP) is 6.32. The number of pyridine rings is 1. The van der Waals surface area contributed by atoms with Gasteiger partial charge in [-0.15, -0.1) is 0 Å². The van der Waals surface area contributed by atoms with E-state index in [1.807, 2.05) is 12.4 Å². The van der Waals surface area contributed by atoms with Crippen molar-refractivity contribution in [3.05, 3.63) is 102 Å². The minimum Gasteiger partial charge on any atom is -0.291 e. The molecule has 0 aliphatic carbocycles. The van der Waals surface area contributed by atoms with Crippen LogP contribution in [-0.2, 0) is 19.4 Å². The van der Waals surface area contributed by atoms with E-state index in [1.54, 1.807) is 0 Å². The molecule has 152 valence electrons. The van der Waals surface area contributed by atoms with Crippen LogP contribution in [0.3, 0.4) is 0 Å². The van der Waals surface area contributed by atoms with Crippen LogP contribution in [0.15, 0.2) is 85.2 Å². The van der Waals surface area contributed by atoms with Crippen LogP contribution in [-0.4, -0.2) is 21.5 Å². The summed E-state index contributed by atoms with van der Waals surface area (Å²) >= 11 is 0. The molecule has 0 radical (unpaired) electrons. The predicted molar refractivity (Wildman–Crippen MR) is 123 cm³/mol. The second-order valence-corrected chi connectivity index (χ2v) is 8.86. The van der Waals surface area contributed by atoms with E-state index >= 15 is 0 Å². The lowest BCUT2D eigenvalue weighted by Gasteiger charge is -2.42. The van der Waals surface area contributed by atoms with E-state index in [9.17, 15) is 0 Å². The minimum absolute atomic E-state index is 0.107. The zero-order valence-corrected chi connectivity index (χ0v) is 18.1. The van der Waals surface area contributed by atoms with Crippen molar-refractivity contribution in [3.8, 4) is 0 Å². The molecule has 0 aliphatic rings. The highest BCUT2D eigenvalue weighted by molar-refractivity contribution is 5.17. The SMILES string of the molecule is CC(C)(C)N(Cc1ccccc1)C(CCc1ccccc1)CCc1ccncc1. The van der Waals surface area contributed by atoms with Gasteiger partial charge in [-0.3, -0.25) is 9.88 Å². The number of benzene rings is 2. The number of rotatable bonds is 9. The molecule has 1 atom stereocenters. The third kappa shape index (κ3) is 6.83. The number of aryl methyl sites for hydroxylation is 2. The number of nitrogens with zero attached hydrogens (tertiary/aromatic N) is 2. The van der Waals surface area contributed by atoms with Gasteiger partial charge in [0.25, 0.3) is 0 Å². The zero-order chi connectivity index (χ0) is 20.5. The third-order valence-corrected chi connectivity index (χ3v) is 5.62. The van der Waals surface area contributed by atoms with Gasteiger partial charge in [0.1, 0.15) is 0 Å². The molecule has 3 aromatic rings. The Hall–Kier alpha value is -2.45. The maximum absolute atomic E-state index is 4.17. The molecule has 2 aromatic carbocycles. The van der Waals surface area contributed by atoms with Crippen LogP contribution < -0.4 is 0 Å². The molecule has 0 aliphatic heterocycles. The van der Waals surface area contributed by atoms with E-state index < -0.39 is 0 Å². The van der Waals surface area contributed by atoms with Crippen LogP contribution in [0.5, 0.6) is 0 Å². The Labute approximate surface area is 176 Å². The van der Waals surface area contributed by atoms with Crippen molar-refractivity contribution >= 4 is 0 Å². The van der Waals surface area contributed by atoms with Crippen LogP contribution in [0, 0.1) is 0 Å². The van der Waals surface area contributed by atoms with Gasteiger partial charge >= 0.3 is 0 Å². The van der Waals surface area contributed by atoms with Gasteiger partial charge in [0.05, 0.1) is 0 Å². The molecule has 2 heteroatoms. The first-order valence-corrected chi connectivity index (χ1v) is 10.8. The third-order valence-electron chi connectivity index (χ3n) is 5.62. The summed E-state index contributed by atoms with van der Waals surface area (Å²) in [5.74, 6) is 0. The first-order chi connectivity index (χ1) is 14.0.